The summed E-state index contributed by atoms with van der Waals surface area (Å²) in [5, 5.41) is 0. The summed E-state index contributed by atoms with van der Waals surface area (Å²) in [6, 6.07) is 0. The van der Waals surface area contributed by atoms with E-state index in [2.05, 4.69) is 0 Å². The van der Waals surface area contributed by atoms with Gasteiger partial charge in [-0.3, -0.25) is 14.2 Å². The third-order valence-corrected chi connectivity index (χ3v) is 2.71. The maximum Gasteiger partial charge on any atom is 0.336 e. The van der Waals surface area contributed by atoms with Gasteiger partial charge in [-0.2, -0.15) is 0 Å². The van der Waals surface area contributed by atoms with Gasteiger partial charge in [0, 0.05) is 0 Å². The van der Waals surface area contributed by atoms with Crippen molar-refractivity contribution < 1.29 is 19.0 Å². The monoisotopic (exact) mass is 202 g/mol. The smallest absolute Gasteiger partial charge is 0.333 e. The Kier molecular flexibility index (Phi) is 4.52. The summed E-state index contributed by atoms with van der Waals surface area (Å²) >= 11 is 0. The van der Waals surface area contributed by atoms with E-state index in [1.165, 1.54) is 26.0 Å². The number of carbonyl (C=O) groups excluding carboxylic acids is 2. The zero-order chi connectivity index (χ0) is 10.5. The van der Waals surface area contributed by atoms with Crippen LogP contribution >= 0.6 is 7.37 Å². The van der Waals surface area contributed by atoms with Crippen molar-refractivity contribution in [3.05, 3.63) is 24.3 Å². The minimum atomic E-state index is -4.36. The number of rotatable bonds is 4. The van der Waals surface area contributed by atoms with Crippen molar-refractivity contribution in [2.75, 3.05) is 0 Å². The second kappa shape index (κ2) is 4.90. The van der Waals surface area contributed by atoms with Crippen LogP contribution in [0.3, 0.4) is 0 Å². The Morgan fingerprint density at radius 2 is 1.38 bits per heavy atom. The molecule has 0 bridgehead atoms. The number of carbonyl (C=O) groups is 2. The predicted octanol–water partition coefficient (Wildman–Crippen LogP) is 1.46. The Morgan fingerprint density at radius 3 is 1.62 bits per heavy atom. The van der Waals surface area contributed by atoms with E-state index in [1.54, 1.807) is 0 Å². The largest absolute Gasteiger partial charge is 0.336 e. The van der Waals surface area contributed by atoms with Crippen LogP contribution < -0.4 is 0 Å². The molecule has 13 heavy (non-hydrogen) atoms. The molecule has 0 saturated heterocycles. The second-order valence-corrected chi connectivity index (χ2v) is 4.29. The highest BCUT2D eigenvalue weighted by Gasteiger charge is 2.33. The molecule has 0 heterocycles. The normalized spacial score (nSPS) is 12.5. The summed E-state index contributed by atoms with van der Waals surface area (Å²) in [5.41, 5.74) is -2.09. The van der Waals surface area contributed by atoms with Crippen LogP contribution in [0.4, 0.5) is 0 Å². The number of allylic oxidation sites excluding steroid dienone is 4. The molecule has 0 radical (unpaired) electrons. The summed E-state index contributed by atoms with van der Waals surface area (Å²) in [5.74, 6) is 0. The van der Waals surface area contributed by atoms with Gasteiger partial charge in [-0.25, -0.2) is 0 Å². The van der Waals surface area contributed by atoms with Crippen molar-refractivity contribution in [1.82, 2.24) is 0 Å². The molecule has 0 atom stereocenters. The van der Waals surface area contributed by atoms with Crippen LogP contribution in [0, 0.1) is 0 Å². The molecule has 5 heteroatoms. The van der Waals surface area contributed by atoms with Crippen molar-refractivity contribution in [3.8, 4) is 0 Å². The fraction of sp³-hybridized carbons (Fsp3) is 0.250. The maximum atomic E-state index is 11.1. The highest BCUT2D eigenvalue weighted by Crippen LogP contribution is 2.43. The third-order valence-electron chi connectivity index (χ3n) is 1.22. The minimum Gasteiger partial charge on any atom is -0.333 e. The van der Waals surface area contributed by atoms with E-state index in [-0.39, 0.29) is 0 Å². The van der Waals surface area contributed by atoms with Crippen LogP contribution in [0.1, 0.15) is 13.8 Å². The summed E-state index contributed by atoms with van der Waals surface area (Å²) in [6.07, 6.45) is 4.46. The van der Waals surface area contributed by atoms with E-state index in [4.69, 9.17) is 4.89 Å². The van der Waals surface area contributed by atoms with Crippen LogP contribution in [0.25, 0.3) is 0 Å². The summed E-state index contributed by atoms with van der Waals surface area (Å²) in [7, 11) is -4.36. The van der Waals surface area contributed by atoms with Crippen molar-refractivity contribution in [2.24, 2.45) is 0 Å². The van der Waals surface area contributed by atoms with Gasteiger partial charge < -0.3 is 4.89 Å². The highest BCUT2D eigenvalue weighted by atomic mass is 31.2. The molecule has 0 aliphatic heterocycles. The Bertz CT molecular complexity index is 286. The van der Waals surface area contributed by atoms with Crippen LogP contribution in [0.15, 0.2) is 24.3 Å². The van der Waals surface area contributed by atoms with E-state index in [0.717, 1.165) is 12.2 Å². The first kappa shape index (κ1) is 12.0. The molecule has 0 amide bonds. The molecule has 0 aliphatic rings. The topological polar surface area (TPSA) is 71.4 Å². The average Bonchev–Trinajstić information content (AvgIpc) is 2.05. The van der Waals surface area contributed by atoms with Gasteiger partial charge in [0.05, 0.1) is 0 Å². The fourth-order valence-corrected chi connectivity index (χ4v) is 1.52. The molecule has 1 N–H and O–H groups in total. The van der Waals surface area contributed by atoms with Crippen LogP contribution in [-0.4, -0.2) is 15.9 Å². The maximum absolute atomic E-state index is 11.1. The lowest BCUT2D eigenvalue weighted by atomic mass is 10.6. The molecule has 0 saturated carbocycles. The Hall–Kier alpha value is -0.990. The molecule has 0 aromatic heterocycles. The first-order valence-electron chi connectivity index (χ1n) is 3.64. The third kappa shape index (κ3) is 3.09. The Balaban J connectivity index is 4.87. The summed E-state index contributed by atoms with van der Waals surface area (Å²) in [6.45, 7) is 3.05. The predicted molar refractivity (Wildman–Crippen MR) is 49.5 cm³/mol. The molecular formula is C8H11O4P. The van der Waals surface area contributed by atoms with E-state index in [1.807, 2.05) is 0 Å². The lowest BCUT2D eigenvalue weighted by molar-refractivity contribution is -0.111. The van der Waals surface area contributed by atoms with Crippen LogP contribution in [-0.2, 0) is 14.2 Å². The summed E-state index contributed by atoms with van der Waals surface area (Å²) in [4.78, 5) is 30.9. The zero-order valence-corrected chi connectivity index (χ0v) is 8.32. The molecule has 72 valence electrons. The first-order chi connectivity index (χ1) is 5.96. The summed E-state index contributed by atoms with van der Waals surface area (Å²) < 4.78 is 11.1. The minimum absolute atomic E-state index is 0.919. The van der Waals surface area contributed by atoms with E-state index < -0.39 is 18.4 Å². The van der Waals surface area contributed by atoms with E-state index in [9.17, 15) is 14.2 Å². The van der Waals surface area contributed by atoms with Crippen molar-refractivity contribution in [3.63, 3.8) is 0 Å². The molecule has 0 rings (SSSR count). The highest BCUT2D eigenvalue weighted by molar-refractivity contribution is 7.90. The lowest BCUT2D eigenvalue weighted by Gasteiger charge is -2.01. The van der Waals surface area contributed by atoms with Gasteiger partial charge in [0.25, 0.3) is 0 Å². The van der Waals surface area contributed by atoms with E-state index in [0.29, 0.717) is 0 Å². The second-order valence-electron chi connectivity index (χ2n) is 2.25. The number of hydrogen-bond donors (Lipinski definition) is 1. The molecule has 0 aliphatic carbocycles. The average molecular weight is 202 g/mol. The molecule has 0 unspecified atom stereocenters. The van der Waals surface area contributed by atoms with E-state index >= 15 is 0 Å². The fourth-order valence-electron chi connectivity index (χ4n) is 0.596. The molecular weight excluding hydrogens is 191 g/mol. The van der Waals surface area contributed by atoms with Gasteiger partial charge in [-0.1, -0.05) is 12.2 Å². The standard InChI is InChI=1S/C8H11O4P/c1-3-5-7(9)13(11,12)8(10)6-4-2/h3-6H,1-2H3,(H,11,12)/b5-3+,6-4+. The molecule has 0 spiro atoms. The molecule has 0 fully saturated rings. The SMILES string of the molecule is C/C=C/C(=O)P(=O)(O)C(=O)/C=C/C. The van der Waals surface area contributed by atoms with Gasteiger partial charge in [0.2, 0.25) is 11.0 Å². The van der Waals surface area contributed by atoms with Crippen molar-refractivity contribution in [1.29, 1.82) is 0 Å². The van der Waals surface area contributed by atoms with Gasteiger partial charge in [0.1, 0.15) is 0 Å². The van der Waals surface area contributed by atoms with Crippen molar-refractivity contribution >= 4 is 18.4 Å². The Labute approximate surface area is 76.4 Å². The van der Waals surface area contributed by atoms with Crippen molar-refractivity contribution in [2.45, 2.75) is 13.8 Å². The quantitative estimate of drug-likeness (QED) is 0.553. The van der Waals surface area contributed by atoms with Gasteiger partial charge >= 0.3 is 7.37 Å². The van der Waals surface area contributed by atoms with Gasteiger partial charge in [0.15, 0.2) is 0 Å². The molecule has 0 aromatic carbocycles. The van der Waals surface area contributed by atoms with Crippen LogP contribution in [0.2, 0.25) is 0 Å². The Morgan fingerprint density at radius 1 is 1.08 bits per heavy atom. The van der Waals surface area contributed by atoms with Gasteiger partial charge in [-0.15, -0.1) is 0 Å². The number of hydrogen-bond acceptors (Lipinski definition) is 3. The lowest BCUT2D eigenvalue weighted by Crippen LogP contribution is -2.04. The zero-order valence-electron chi connectivity index (χ0n) is 7.43. The van der Waals surface area contributed by atoms with Gasteiger partial charge in [-0.05, 0) is 26.0 Å². The first-order valence-corrected chi connectivity index (χ1v) is 5.30. The van der Waals surface area contributed by atoms with Crippen LogP contribution in [0.5, 0.6) is 0 Å². The molecule has 0 aromatic rings. The molecule has 4 nitrogen and oxygen atoms in total.